The number of hydrogen-bond acceptors (Lipinski definition) is 19. The van der Waals surface area contributed by atoms with Crippen LogP contribution in [0.3, 0.4) is 0 Å². The number of benzene rings is 3. The lowest BCUT2D eigenvalue weighted by Gasteiger charge is -2.45. The van der Waals surface area contributed by atoms with Gasteiger partial charge in [-0.15, -0.1) is 0 Å². The van der Waals surface area contributed by atoms with Gasteiger partial charge in [0.1, 0.15) is 36.1 Å². The second-order valence-corrected chi connectivity index (χ2v) is 23.1. The van der Waals surface area contributed by atoms with E-state index >= 15 is 4.79 Å². The molecule has 0 bridgehead atoms. The van der Waals surface area contributed by atoms with Crippen LogP contribution < -0.4 is 16.0 Å². The molecule has 0 unspecified atom stereocenters. The maximum absolute atomic E-state index is 15.2. The SMILES string of the molecule is CC(=O)O[C@@H]1[C@@H](OC(C)=O)[C@H](NC(=O)C[C@H](NC(=O)OCC2c3ccccc3-c3ccccc32)C(=O)OCc2ccccc2)O[C@H](C(=O)NC(CCC(=O)OC(C)(C)C)(CCC(=O)OC(C)(C)C)CCC(=O)OC(C)(C)C)[C@H]1OC(C)=O. The number of amides is 3. The largest absolute Gasteiger partial charge is 0.460 e. The molecule has 0 saturated carbocycles. The Morgan fingerprint density at radius 2 is 0.988 bits per heavy atom. The molecule has 1 aliphatic heterocycles. The van der Waals surface area contributed by atoms with Gasteiger partial charge in [-0.25, -0.2) is 9.59 Å². The monoisotopic (exact) mass is 1140 g/mol. The van der Waals surface area contributed by atoms with Crippen LogP contribution in [0.15, 0.2) is 78.9 Å². The van der Waals surface area contributed by atoms with Gasteiger partial charge in [0.25, 0.3) is 5.91 Å². The van der Waals surface area contributed by atoms with Crippen LogP contribution in [0.1, 0.15) is 151 Å². The molecule has 0 spiro atoms. The summed E-state index contributed by atoms with van der Waals surface area (Å²) in [4.78, 5) is 136. The zero-order chi connectivity index (χ0) is 60.7. The zero-order valence-electron chi connectivity index (χ0n) is 48.7. The number of esters is 7. The Labute approximate surface area is 477 Å². The predicted octanol–water partition coefficient (Wildman–Crippen LogP) is 6.88. The lowest BCUT2D eigenvalue weighted by Crippen LogP contribution is -2.69. The van der Waals surface area contributed by atoms with Crippen LogP contribution in [-0.4, -0.2) is 125 Å². The minimum atomic E-state index is -2.10. The van der Waals surface area contributed by atoms with Crippen LogP contribution in [0.4, 0.5) is 4.79 Å². The molecule has 6 atom stereocenters. The first-order valence-electron chi connectivity index (χ1n) is 27.1. The van der Waals surface area contributed by atoms with Crippen molar-refractivity contribution in [3.63, 3.8) is 0 Å². The number of carbonyl (C=O) groups excluding carboxylic acids is 10. The standard InChI is InChI=1S/C60H77N3O19/c1-35(64)76-49-50(77-36(2)65)52(78-37(3)66)54(79-51(49)53(71)63-60(29-26-46(68)80-57(4,5)6,30-27-47(69)81-58(7,8)9)31-28-48(70)82-59(10,11)12)62-45(67)32-44(55(72)74-33-38-20-14-13-15-21-38)61-56(73)75-34-43-41-24-18-16-22-39(41)40-23-17-19-25-42(40)43/h13-25,43-44,49-52,54H,26-34H2,1-12H3,(H,61,73)(H,62,67)(H,63,71)/t44-,49-,50-,51-,52+,54+/m0/s1. The molecule has 3 aromatic rings. The molecule has 22 heteroatoms. The van der Waals surface area contributed by atoms with E-state index in [9.17, 15) is 43.2 Å². The second-order valence-electron chi connectivity index (χ2n) is 23.1. The van der Waals surface area contributed by atoms with Crippen LogP contribution in [0, 0.1) is 0 Å². The molecule has 82 heavy (non-hydrogen) atoms. The molecule has 3 aromatic carbocycles. The molecule has 0 radical (unpaired) electrons. The van der Waals surface area contributed by atoms with Gasteiger partial charge in [0.05, 0.1) is 6.42 Å². The average molecular weight is 1140 g/mol. The third-order valence-electron chi connectivity index (χ3n) is 12.6. The highest BCUT2D eigenvalue weighted by Crippen LogP contribution is 2.44. The molecule has 0 aromatic heterocycles. The molecule has 1 aliphatic carbocycles. The topological polar surface area (TPSA) is 290 Å². The molecule has 446 valence electrons. The normalized spacial score (nSPS) is 18.2. The molecule has 1 saturated heterocycles. The average Bonchev–Trinajstić information content (AvgIpc) is 3.94. The van der Waals surface area contributed by atoms with Crippen molar-refractivity contribution in [1.82, 2.24) is 16.0 Å². The summed E-state index contributed by atoms with van der Waals surface area (Å²) < 4.78 is 51.2. The van der Waals surface area contributed by atoms with Crippen molar-refractivity contribution >= 4 is 59.7 Å². The molecule has 3 amide bonds. The van der Waals surface area contributed by atoms with E-state index in [-0.39, 0.29) is 57.7 Å². The van der Waals surface area contributed by atoms with Crippen LogP contribution in [-0.2, 0) is 92.4 Å². The Morgan fingerprint density at radius 3 is 1.45 bits per heavy atom. The molecule has 1 fully saturated rings. The summed E-state index contributed by atoms with van der Waals surface area (Å²) in [5.41, 5.74) is -0.196. The summed E-state index contributed by atoms with van der Waals surface area (Å²) in [5.74, 6) is -8.87. The number of alkyl carbamates (subject to hydrolysis) is 1. The van der Waals surface area contributed by atoms with E-state index in [4.69, 9.17) is 42.6 Å². The predicted molar refractivity (Wildman–Crippen MR) is 292 cm³/mol. The van der Waals surface area contributed by atoms with Crippen molar-refractivity contribution in [2.24, 2.45) is 0 Å². The summed E-state index contributed by atoms with van der Waals surface area (Å²) in [7, 11) is 0. The van der Waals surface area contributed by atoms with Crippen molar-refractivity contribution in [1.29, 1.82) is 0 Å². The van der Waals surface area contributed by atoms with Crippen molar-refractivity contribution in [3.05, 3.63) is 95.6 Å². The first kappa shape index (κ1) is 64.9. The van der Waals surface area contributed by atoms with Gasteiger partial charge >= 0.3 is 47.9 Å². The lowest BCUT2D eigenvalue weighted by molar-refractivity contribution is -0.248. The Kier molecular flexibility index (Phi) is 22.3. The minimum Gasteiger partial charge on any atom is -0.460 e. The smallest absolute Gasteiger partial charge is 0.407 e. The van der Waals surface area contributed by atoms with Gasteiger partial charge in [-0.2, -0.15) is 0 Å². The molecule has 1 heterocycles. The molecule has 3 N–H and O–H groups in total. The molecule has 5 rings (SSSR count). The molecule has 2 aliphatic rings. The van der Waals surface area contributed by atoms with Gasteiger partial charge < -0.3 is 58.6 Å². The molecular formula is C60H77N3O19. The maximum atomic E-state index is 15.2. The van der Waals surface area contributed by atoms with E-state index in [0.717, 1.165) is 43.0 Å². The van der Waals surface area contributed by atoms with Crippen LogP contribution >= 0.6 is 0 Å². The minimum absolute atomic E-state index is 0.160. The Balaban J connectivity index is 1.51. The highest BCUT2D eigenvalue weighted by atomic mass is 16.7. The number of carbonyl (C=O) groups is 10. The van der Waals surface area contributed by atoms with Crippen LogP contribution in [0.5, 0.6) is 0 Å². The Hall–Kier alpha value is -7.88. The van der Waals surface area contributed by atoms with Gasteiger partial charge in [-0.1, -0.05) is 78.9 Å². The number of fused-ring (bicyclic) bond motifs is 3. The summed E-state index contributed by atoms with van der Waals surface area (Å²) >= 11 is 0. The van der Waals surface area contributed by atoms with E-state index < -0.39 is 125 Å². The van der Waals surface area contributed by atoms with E-state index in [2.05, 4.69) is 16.0 Å². The maximum Gasteiger partial charge on any atom is 0.407 e. The highest BCUT2D eigenvalue weighted by Gasteiger charge is 2.56. The quantitative estimate of drug-likeness (QED) is 0.0644. The third-order valence-corrected chi connectivity index (χ3v) is 12.6. The van der Waals surface area contributed by atoms with Crippen molar-refractivity contribution in [2.75, 3.05) is 6.61 Å². The Morgan fingerprint density at radius 1 is 0.549 bits per heavy atom. The highest BCUT2D eigenvalue weighted by molar-refractivity contribution is 5.89. The fourth-order valence-corrected chi connectivity index (χ4v) is 9.44. The van der Waals surface area contributed by atoms with Crippen LogP contribution in [0.25, 0.3) is 11.1 Å². The first-order chi connectivity index (χ1) is 38.3. The summed E-state index contributed by atoms with van der Waals surface area (Å²) in [6.07, 6.45) is -13.7. The number of ether oxygens (including phenoxy) is 9. The van der Waals surface area contributed by atoms with Gasteiger partial charge in [-0.3, -0.25) is 38.4 Å². The van der Waals surface area contributed by atoms with E-state index in [1.54, 1.807) is 92.6 Å². The molecular weight excluding hydrogens is 1070 g/mol. The number of hydrogen-bond donors (Lipinski definition) is 3. The first-order valence-corrected chi connectivity index (χ1v) is 27.1. The van der Waals surface area contributed by atoms with Crippen molar-refractivity contribution < 1.29 is 90.6 Å². The van der Waals surface area contributed by atoms with Gasteiger partial charge in [0.2, 0.25) is 5.91 Å². The van der Waals surface area contributed by atoms with Gasteiger partial charge in [-0.05, 0) is 109 Å². The van der Waals surface area contributed by atoms with Gasteiger partial charge in [0.15, 0.2) is 30.6 Å². The fourth-order valence-electron chi connectivity index (χ4n) is 9.44. The van der Waals surface area contributed by atoms with E-state index in [1.165, 1.54) is 0 Å². The van der Waals surface area contributed by atoms with E-state index in [0.29, 0.717) is 5.56 Å². The van der Waals surface area contributed by atoms with Crippen LogP contribution in [0.2, 0.25) is 0 Å². The van der Waals surface area contributed by atoms with E-state index in [1.807, 2.05) is 48.5 Å². The van der Waals surface area contributed by atoms with Crippen molar-refractivity contribution in [3.8, 4) is 11.1 Å². The molecule has 22 nitrogen and oxygen atoms in total. The summed E-state index contributed by atoms with van der Waals surface area (Å²) in [6.45, 7) is 17.4. The Bertz CT molecular complexity index is 2670. The summed E-state index contributed by atoms with van der Waals surface area (Å²) in [6, 6.07) is 22.1. The third kappa shape index (κ3) is 20.3. The number of rotatable bonds is 23. The fraction of sp³-hybridized carbons (Fsp3) is 0.533. The summed E-state index contributed by atoms with van der Waals surface area (Å²) in [5, 5.41) is 7.76. The number of nitrogens with one attached hydrogen (secondary N) is 3. The van der Waals surface area contributed by atoms with Crippen molar-refractivity contribution in [2.45, 2.75) is 200 Å². The second kappa shape index (κ2) is 28.2. The van der Waals surface area contributed by atoms with Gasteiger partial charge in [0, 0.05) is 51.5 Å². The zero-order valence-corrected chi connectivity index (χ0v) is 48.7. The lowest BCUT2D eigenvalue weighted by atomic mass is 9.82.